The second-order valence-corrected chi connectivity index (χ2v) is 4.92. The zero-order valence-corrected chi connectivity index (χ0v) is 15.2. The Balaban J connectivity index is 0.00000220. The molecule has 128 valence electrons. The highest BCUT2D eigenvalue weighted by Crippen LogP contribution is 2.40. The third-order valence-corrected chi connectivity index (χ3v) is 3.87. The Hall–Kier alpha value is -0.880. The minimum atomic E-state index is 0. The lowest BCUT2D eigenvalue weighted by Gasteiger charge is -2.33. The van der Waals surface area contributed by atoms with Gasteiger partial charge < -0.3 is 19.5 Å². The summed E-state index contributed by atoms with van der Waals surface area (Å²) in [6, 6.07) is 4.40. The fourth-order valence-electron chi connectivity index (χ4n) is 2.62. The van der Waals surface area contributed by atoms with Gasteiger partial charge in [0.15, 0.2) is 11.5 Å². The van der Waals surface area contributed by atoms with Crippen molar-refractivity contribution >= 4 is 24.8 Å². The van der Waals surface area contributed by atoms with Crippen molar-refractivity contribution in [3.63, 3.8) is 0 Å². The van der Waals surface area contributed by atoms with E-state index in [-0.39, 0.29) is 24.8 Å². The first-order valence-electron chi connectivity index (χ1n) is 6.96. The van der Waals surface area contributed by atoms with E-state index in [4.69, 9.17) is 14.2 Å². The number of nitrogens with zero attached hydrogens (tertiary/aromatic N) is 1. The van der Waals surface area contributed by atoms with Crippen LogP contribution in [0.2, 0.25) is 0 Å². The van der Waals surface area contributed by atoms with Crippen LogP contribution in [0.4, 0.5) is 0 Å². The highest BCUT2D eigenvalue weighted by Gasteiger charge is 2.21. The third kappa shape index (κ3) is 4.56. The predicted octanol–water partition coefficient (Wildman–Crippen LogP) is 2.52. The van der Waals surface area contributed by atoms with Crippen molar-refractivity contribution in [2.24, 2.45) is 0 Å². The van der Waals surface area contributed by atoms with Crippen molar-refractivity contribution in [1.29, 1.82) is 0 Å². The number of halogens is 2. The van der Waals surface area contributed by atoms with Crippen LogP contribution in [0, 0.1) is 0 Å². The van der Waals surface area contributed by atoms with Gasteiger partial charge in [-0.25, -0.2) is 0 Å². The Morgan fingerprint density at radius 2 is 1.45 bits per heavy atom. The number of nitrogens with one attached hydrogen (secondary N) is 1. The van der Waals surface area contributed by atoms with E-state index in [2.05, 4.69) is 17.1 Å². The van der Waals surface area contributed by atoms with Gasteiger partial charge >= 0.3 is 0 Å². The molecule has 1 fully saturated rings. The largest absolute Gasteiger partial charge is 0.493 e. The minimum absolute atomic E-state index is 0. The molecule has 1 aromatic rings. The van der Waals surface area contributed by atoms with Gasteiger partial charge in [0, 0.05) is 32.2 Å². The maximum absolute atomic E-state index is 5.42. The first-order valence-corrected chi connectivity index (χ1v) is 6.96. The average Bonchev–Trinajstić information content (AvgIpc) is 2.53. The molecule has 0 saturated carbocycles. The van der Waals surface area contributed by atoms with Gasteiger partial charge in [0.05, 0.1) is 21.3 Å². The summed E-state index contributed by atoms with van der Waals surface area (Å²) in [5.74, 6) is 2.07. The number of ether oxygens (including phenoxy) is 3. The number of piperazine rings is 1. The van der Waals surface area contributed by atoms with E-state index in [0.29, 0.717) is 23.3 Å². The Morgan fingerprint density at radius 1 is 0.955 bits per heavy atom. The number of benzene rings is 1. The molecule has 0 aromatic heterocycles. The first-order chi connectivity index (χ1) is 9.71. The van der Waals surface area contributed by atoms with E-state index in [9.17, 15) is 0 Å². The molecule has 1 aliphatic heterocycles. The molecule has 1 atom stereocenters. The van der Waals surface area contributed by atoms with Gasteiger partial charge in [-0.2, -0.15) is 0 Å². The number of hydrogen-bond donors (Lipinski definition) is 1. The summed E-state index contributed by atoms with van der Waals surface area (Å²) < 4.78 is 16.2. The molecule has 0 amide bonds. The number of hydrogen-bond acceptors (Lipinski definition) is 5. The molecule has 1 aliphatic rings. The highest BCUT2D eigenvalue weighted by atomic mass is 35.5. The Morgan fingerprint density at radius 3 is 1.86 bits per heavy atom. The smallest absolute Gasteiger partial charge is 0.203 e. The summed E-state index contributed by atoms with van der Waals surface area (Å²) in [5, 5.41) is 3.37. The third-order valence-electron chi connectivity index (χ3n) is 3.87. The second-order valence-electron chi connectivity index (χ2n) is 4.92. The maximum Gasteiger partial charge on any atom is 0.203 e. The van der Waals surface area contributed by atoms with Gasteiger partial charge in [-0.05, 0) is 24.6 Å². The molecular weight excluding hydrogens is 327 g/mol. The molecule has 22 heavy (non-hydrogen) atoms. The van der Waals surface area contributed by atoms with E-state index in [1.165, 1.54) is 5.56 Å². The summed E-state index contributed by atoms with van der Waals surface area (Å²) >= 11 is 0. The van der Waals surface area contributed by atoms with Gasteiger partial charge in [-0.1, -0.05) is 0 Å². The molecule has 0 radical (unpaired) electrons. The van der Waals surface area contributed by atoms with Crippen molar-refractivity contribution in [1.82, 2.24) is 10.2 Å². The molecule has 0 unspecified atom stereocenters. The van der Waals surface area contributed by atoms with Crippen LogP contribution in [0.3, 0.4) is 0 Å². The van der Waals surface area contributed by atoms with E-state index in [1.54, 1.807) is 21.3 Å². The number of methoxy groups -OCH3 is 3. The van der Waals surface area contributed by atoms with Gasteiger partial charge in [-0.15, -0.1) is 24.8 Å². The maximum atomic E-state index is 5.42. The Labute approximate surface area is 145 Å². The lowest BCUT2D eigenvalue weighted by molar-refractivity contribution is 0.185. The van der Waals surface area contributed by atoms with Gasteiger partial charge in [0.2, 0.25) is 5.75 Å². The lowest BCUT2D eigenvalue weighted by atomic mass is 10.0. The summed E-state index contributed by atoms with van der Waals surface area (Å²) in [5.41, 5.74) is 1.18. The van der Waals surface area contributed by atoms with Crippen molar-refractivity contribution in [3.05, 3.63) is 17.7 Å². The van der Waals surface area contributed by atoms with E-state index < -0.39 is 0 Å². The van der Waals surface area contributed by atoms with Crippen LogP contribution < -0.4 is 19.5 Å². The topological polar surface area (TPSA) is 43.0 Å². The minimum Gasteiger partial charge on any atom is -0.493 e. The van der Waals surface area contributed by atoms with Crippen molar-refractivity contribution in [3.8, 4) is 17.2 Å². The molecule has 2 rings (SSSR count). The van der Waals surface area contributed by atoms with Crippen LogP contribution in [-0.2, 0) is 0 Å². The van der Waals surface area contributed by atoms with E-state index in [1.807, 2.05) is 12.1 Å². The van der Waals surface area contributed by atoms with Crippen LogP contribution >= 0.6 is 24.8 Å². The lowest BCUT2D eigenvalue weighted by Crippen LogP contribution is -2.44. The fraction of sp³-hybridized carbons (Fsp3) is 0.600. The quantitative estimate of drug-likeness (QED) is 0.881. The van der Waals surface area contributed by atoms with Crippen LogP contribution in [0.5, 0.6) is 17.2 Å². The van der Waals surface area contributed by atoms with Crippen molar-refractivity contribution in [2.45, 2.75) is 13.0 Å². The van der Waals surface area contributed by atoms with Crippen LogP contribution in [0.15, 0.2) is 12.1 Å². The van der Waals surface area contributed by atoms with Gasteiger partial charge in [0.25, 0.3) is 0 Å². The Bertz CT molecular complexity index is 429. The molecule has 0 spiro atoms. The molecule has 1 aromatic carbocycles. The summed E-state index contributed by atoms with van der Waals surface area (Å²) in [6.45, 7) is 6.39. The van der Waals surface area contributed by atoms with E-state index in [0.717, 1.165) is 26.2 Å². The van der Waals surface area contributed by atoms with Crippen LogP contribution in [0.25, 0.3) is 0 Å². The SMILES string of the molecule is COc1cc([C@H](C)N2CCNCC2)cc(OC)c1OC.Cl.Cl. The standard InChI is InChI=1S/C15H24N2O3.2ClH/c1-11(17-7-5-16-6-8-17)12-9-13(18-2)15(20-4)14(10-12)19-3;;/h9-11,16H,5-8H2,1-4H3;2*1H/t11-;;/m0../s1. The van der Waals surface area contributed by atoms with E-state index >= 15 is 0 Å². The second kappa shape index (κ2) is 10.0. The molecule has 1 saturated heterocycles. The van der Waals surface area contributed by atoms with Crippen molar-refractivity contribution < 1.29 is 14.2 Å². The van der Waals surface area contributed by atoms with Crippen LogP contribution in [-0.4, -0.2) is 52.4 Å². The molecule has 7 heteroatoms. The molecule has 1 N–H and O–H groups in total. The first kappa shape index (κ1) is 21.1. The summed E-state index contributed by atoms with van der Waals surface area (Å²) in [4.78, 5) is 2.46. The monoisotopic (exact) mass is 352 g/mol. The van der Waals surface area contributed by atoms with Gasteiger partial charge in [-0.3, -0.25) is 4.90 Å². The summed E-state index contributed by atoms with van der Waals surface area (Å²) in [6.07, 6.45) is 0. The highest BCUT2D eigenvalue weighted by molar-refractivity contribution is 5.85. The zero-order valence-electron chi connectivity index (χ0n) is 13.5. The summed E-state index contributed by atoms with van der Waals surface area (Å²) in [7, 11) is 4.92. The normalized spacial score (nSPS) is 16.0. The average molecular weight is 353 g/mol. The molecule has 1 heterocycles. The molecule has 0 bridgehead atoms. The Kier molecular flexibility index (Phi) is 9.60. The molecular formula is C15H26Cl2N2O3. The van der Waals surface area contributed by atoms with Gasteiger partial charge in [0.1, 0.15) is 0 Å². The van der Waals surface area contributed by atoms with Crippen LogP contribution in [0.1, 0.15) is 18.5 Å². The molecule has 5 nitrogen and oxygen atoms in total. The van der Waals surface area contributed by atoms with Crippen molar-refractivity contribution in [2.75, 3.05) is 47.5 Å². The predicted molar refractivity (Wildman–Crippen MR) is 93.5 cm³/mol. The zero-order chi connectivity index (χ0) is 14.5. The number of rotatable bonds is 5. The fourth-order valence-corrected chi connectivity index (χ4v) is 2.62. The molecule has 0 aliphatic carbocycles.